The molecule has 7 heteroatoms. The molecule has 3 saturated heterocycles. The van der Waals surface area contributed by atoms with Crippen LogP contribution in [-0.4, -0.2) is 87.0 Å². The van der Waals surface area contributed by atoms with E-state index in [2.05, 4.69) is 34.0 Å². The summed E-state index contributed by atoms with van der Waals surface area (Å²) in [4.78, 5) is 9.73. The summed E-state index contributed by atoms with van der Waals surface area (Å²) in [6, 6.07) is 0.580. The lowest BCUT2D eigenvalue weighted by Crippen LogP contribution is -2.52. The first kappa shape index (κ1) is 27.1. The van der Waals surface area contributed by atoms with Crippen LogP contribution in [0.1, 0.15) is 71.6 Å². The van der Waals surface area contributed by atoms with Gasteiger partial charge < -0.3 is 19.7 Å². The smallest absolute Gasteiger partial charge is 0.193 e. The number of ether oxygens (including phenoxy) is 2. The Labute approximate surface area is 207 Å². The molecule has 3 aliphatic heterocycles. The summed E-state index contributed by atoms with van der Waals surface area (Å²) < 4.78 is 12.0. The molecule has 31 heavy (non-hydrogen) atoms. The summed E-state index contributed by atoms with van der Waals surface area (Å²) in [5.41, 5.74) is 0. The molecular formula is C24H47IN4O2. The van der Waals surface area contributed by atoms with E-state index in [-0.39, 0.29) is 24.0 Å². The second-order valence-electron chi connectivity index (χ2n) is 9.70. The highest BCUT2D eigenvalue weighted by atomic mass is 127. The fourth-order valence-corrected chi connectivity index (χ4v) is 5.16. The first-order valence-corrected chi connectivity index (χ1v) is 12.6. The van der Waals surface area contributed by atoms with Crippen LogP contribution in [0.4, 0.5) is 0 Å². The van der Waals surface area contributed by atoms with Crippen molar-refractivity contribution in [1.29, 1.82) is 0 Å². The average Bonchev–Trinajstić information content (AvgIpc) is 3.06. The zero-order valence-corrected chi connectivity index (χ0v) is 22.5. The molecule has 0 saturated carbocycles. The minimum Gasteiger partial charge on any atom is -0.376 e. The normalized spacial score (nSPS) is 25.7. The second-order valence-corrected chi connectivity index (χ2v) is 9.70. The van der Waals surface area contributed by atoms with Gasteiger partial charge in [-0.25, -0.2) is 0 Å². The van der Waals surface area contributed by atoms with E-state index in [1.807, 2.05) is 7.05 Å². The number of rotatable bonds is 7. The molecule has 3 aliphatic rings. The van der Waals surface area contributed by atoms with Gasteiger partial charge in [-0.05, 0) is 64.0 Å². The van der Waals surface area contributed by atoms with Gasteiger partial charge in [0, 0.05) is 39.3 Å². The Kier molecular flexibility index (Phi) is 13.0. The van der Waals surface area contributed by atoms with Crippen LogP contribution in [0.25, 0.3) is 0 Å². The molecule has 0 aliphatic carbocycles. The van der Waals surface area contributed by atoms with Gasteiger partial charge in [-0.3, -0.25) is 9.89 Å². The number of halogens is 1. The summed E-state index contributed by atoms with van der Waals surface area (Å²) in [6.45, 7) is 11.9. The monoisotopic (exact) mass is 550 g/mol. The molecule has 3 fully saturated rings. The number of nitrogens with zero attached hydrogens (tertiary/aromatic N) is 3. The lowest BCUT2D eigenvalue weighted by molar-refractivity contribution is -0.0721. The van der Waals surface area contributed by atoms with Crippen LogP contribution in [0.2, 0.25) is 0 Å². The standard InChI is InChI=1S/C24H46N4O2.HI/c1-20(2)23(27-13-7-4-5-8-14-27)18-26-24(25-3)28-15-11-21(12-16-28)30-19-22-10-6-9-17-29-22;/h20-23H,4-19H2,1-3H3,(H,25,26);1H. The highest BCUT2D eigenvalue weighted by Gasteiger charge is 2.26. The molecule has 2 unspecified atom stereocenters. The van der Waals surface area contributed by atoms with Gasteiger partial charge in [-0.1, -0.05) is 26.7 Å². The molecule has 182 valence electrons. The van der Waals surface area contributed by atoms with Gasteiger partial charge in [0.05, 0.1) is 18.8 Å². The third-order valence-electron chi connectivity index (χ3n) is 7.09. The summed E-state index contributed by atoms with van der Waals surface area (Å²) in [5, 5.41) is 3.71. The minimum absolute atomic E-state index is 0. The van der Waals surface area contributed by atoms with Gasteiger partial charge in [0.25, 0.3) is 0 Å². The van der Waals surface area contributed by atoms with Crippen LogP contribution < -0.4 is 5.32 Å². The van der Waals surface area contributed by atoms with Crippen molar-refractivity contribution in [2.24, 2.45) is 10.9 Å². The summed E-state index contributed by atoms with van der Waals surface area (Å²) in [6.07, 6.45) is 11.9. The zero-order chi connectivity index (χ0) is 21.2. The van der Waals surface area contributed by atoms with Crippen LogP contribution in [0.3, 0.4) is 0 Å². The van der Waals surface area contributed by atoms with Gasteiger partial charge in [0.1, 0.15) is 0 Å². The maximum absolute atomic E-state index is 6.19. The van der Waals surface area contributed by atoms with Crippen molar-refractivity contribution >= 4 is 29.9 Å². The SMILES string of the molecule is CN=C(NCC(C(C)C)N1CCCCCC1)N1CCC(OCC2CCCCO2)CC1.I. The van der Waals surface area contributed by atoms with E-state index in [0.717, 1.165) is 58.1 Å². The van der Waals surface area contributed by atoms with Crippen LogP contribution in [-0.2, 0) is 9.47 Å². The Hall–Kier alpha value is -0.120. The van der Waals surface area contributed by atoms with Crippen molar-refractivity contribution in [1.82, 2.24) is 15.1 Å². The number of piperidine rings is 1. The predicted octanol–water partition coefficient (Wildman–Crippen LogP) is 4.13. The molecule has 0 aromatic heterocycles. The van der Waals surface area contributed by atoms with E-state index in [4.69, 9.17) is 9.47 Å². The number of likely N-dealkylation sites (tertiary alicyclic amines) is 2. The molecular weight excluding hydrogens is 503 g/mol. The lowest BCUT2D eigenvalue weighted by Gasteiger charge is -2.37. The van der Waals surface area contributed by atoms with E-state index in [1.54, 1.807) is 0 Å². The maximum Gasteiger partial charge on any atom is 0.193 e. The first-order chi connectivity index (χ1) is 14.7. The highest BCUT2D eigenvalue weighted by molar-refractivity contribution is 14.0. The van der Waals surface area contributed by atoms with Crippen molar-refractivity contribution in [3.8, 4) is 0 Å². The third-order valence-corrected chi connectivity index (χ3v) is 7.09. The van der Waals surface area contributed by atoms with E-state index < -0.39 is 0 Å². The Morgan fingerprint density at radius 3 is 2.29 bits per heavy atom. The first-order valence-electron chi connectivity index (χ1n) is 12.6. The number of hydrogen-bond acceptors (Lipinski definition) is 4. The molecule has 0 spiro atoms. The van der Waals surface area contributed by atoms with Crippen molar-refractivity contribution in [3.05, 3.63) is 0 Å². The largest absolute Gasteiger partial charge is 0.376 e. The average molecular weight is 551 g/mol. The van der Waals surface area contributed by atoms with Crippen LogP contribution in [0.5, 0.6) is 0 Å². The van der Waals surface area contributed by atoms with Crippen molar-refractivity contribution in [2.75, 3.05) is 53.0 Å². The van der Waals surface area contributed by atoms with Crippen LogP contribution >= 0.6 is 24.0 Å². The third kappa shape index (κ3) is 8.97. The van der Waals surface area contributed by atoms with E-state index in [0.29, 0.717) is 24.2 Å². The predicted molar refractivity (Wildman–Crippen MR) is 140 cm³/mol. The van der Waals surface area contributed by atoms with Gasteiger partial charge in [-0.2, -0.15) is 0 Å². The molecule has 0 aromatic carbocycles. The Morgan fingerprint density at radius 2 is 1.71 bits per heavy atom. The topological polar surface area (TPSA) is 49.3 Å². The molecule has 0 bridgehead atoms. The molecule has 0 aromatic rings. The van der Waals surface area contributed by atoms with Crippen molar-refractivity contribution in [3.63, 3.8) is 0 Å². The van der Waals surface area contributed by atoms with Crippen molar-refractivity contribution < 1.29 is 9.47 Å². The Bertz CT molecular complexity index is 498. The molecule has 3 heterocycles. The Balaban J connectivity index is 0.00000341. The van der Waals surface area contributed by atoms with Crippen LogP contribution in [0, 0.1) is 5.92 Å². The van der Waals surface area contributed by atoms with Gasteiger partial charge >= 0.3 is 0 Å². The van der Waals surface area contributed by atoms with Crippen molar-refractivity contribution in [2.45, 2.75) is 89.9 Å². The van der Waals surface area contributed by atoms with E-state index in [1.165, 1.54) is 51.6 Å². The molecule has 2 atom stereocenters. The second kappa shape index (κ2) is 14.9. The van der Waals surface area contributed by atoms with Gasteiger partial charge in [-0.15, -0.1) is 24.0 Å². The summed E-state index contributed by atoms with van der Waals surface area (Å²) >= 11 is 0. The molecule has 1 N–H and O–H groups in total. The quantitative estimate of drug-likeness (QED) is 0.294. The highest BCUT2D eigenvalue weighted by Crippen LogP contribution is 2.19. The lowest BCUT2D eigenvalue weighted by atomic mass is 10.0. The summed E-state index contributed by atoms with van der Waals surface area (Å²) in [7, 11) is 1.92. The molecule has 0 amide bonds. The number of guanidine groups is 1. The summed E-state index contributed by atoms with van der Waals surface area (Å²) in [5.74, 6) is 1.71. The van der Waals surface area contributed by atoms with E-state index in [9.17, 15) is 0 Å². The molecule has 6 nitrogen and oxygen atoms in total. The molecule has 0 radical (unpaired) electrons. The zero-order valence-electron chi connectivity index (χ0n) is 20.2. The number of nitrogens with one attached hydrogen (secondary N) is 1. The number of hydrogen-bond donors (Lipinski definition) is 1. The fraction of sp³-hybridized carbons (Fsp3) is 0.958. The van der Waals surface area contributed by atoms with E-state index >= 15 is 0 Å². The number of aliphatic imine (C=N–C) groups is 1. The van der Waals surface area contributed by atoms with Gasteiger partial charge in [0.15, 0.2) is 5.96 Å². The van der Waals surface area contributed by atoms with Gasteiger partial charge in [0.2, 0.25) is 0 Å². The maximum atomic E-state index is 6.19. The molecule has 3 rings (SSSR count). The van der Waals surface area contributed by atoms with Crippen LogP contribution in [0.15, 0.2) is 4.99 Å². The fourth-order valence-electron chi connectivity index (χ4n) is 5.16. The minimum atomic E-state index is 0. The Morgan fingerprint density at radius 1 is 1.00 bits per heavy atom.